The molecule has 0 atom stereocenters. The van der Waals surface area contributed by atoms with Crippen LogP contribution in [0.5, 0.6) is 0 Å². The van der Waals surface area contributed by atoms with E-state index in [-0.39, 0.29) is 11.5 Å². The second kappa shape index (κ2) is 4.62. The van der Waals surface area contributed by atoms with Gasteiger partial charge in [0.05, 0.1) is 4.92 Å². The van der Waals surface area contributed by atoms with E-state index in [0.717, 1.165) is 0 Å². The Balaban J connectivity index is 2.28. The number of carbonyl (C=O) groups excluding carboxylic acids is 1. The summed E-state index contributed by atoms with van der Waals surface area (Å²) in [6.45, 7) is 0. The zero-order valence-corrected chi connectivity index (χ0v) is 9.15. The molecule has 0 aliphatic carbocycles. The van der Waals surface area contributed by atoms with E-state index in [1.807, 2.05) is 0 Å². The Morgan fingerprint density at radius 1 is 1.00 bits per heavy atom. The number of benzene rings is 1. The predicted octanol–water partition coefficient (Wildman–Crippen LogP) is 1.46. The van der Waals surface area contributed by atoms with E-state index in [4.69, 9.17) is 0 Å². The summed E-state index contributed by atoms with van der Waals surface area (Å²) in [5.41, 5.74) is 0.622. The van der Waals surface area contributed by atoms with Crippen molar-refractivity contribution in [2.45, 2.75) is 0 Å². The molecule has 0 unspecified atom stereocenters. The highest BCUT2D eigenvalue weighted by molar-refractivity contribution is 6.08. The number of aromatic nitrogens is 1. The topological polar surface area (TPSA) is 87.1 Å². The van der Waals surface area contributed by atoms with E-state index in [1.165, 1.54) is 48.8 Å². The van der Waals surface area contributed by atoms with Gasteiger partial charge in [-0.15, -0.1) is 0 Å². The van der Waals surface area contributed by atoms with Crippen LogP contribution in [0.1, 0.15) is 15.9 Å². The zero-order valence-electron chi connectivity index (χ0n) is 9.15. The lowest BCUT2D eigenvalue weighted by Crippen LogP contribution is -2.24. The van der Waals surface area contributed by atoms with Crippen LogP contribution < -0.4 is 4.73 Å². The van der Waals surface area contributed by atoms with Crippen LogP contribution in [0, 0.1) is 15.3 Å². The van der Waals surface area contributed by atoms with E-state index < -0.39 is 4.92 Å². The van der Waals surface area contributed by atoms with Crippen molar-refractivity contribution in [3.63, 3.8) is 0 Å². The maximum Gasteiger partial charge on any atom is 0.269 e. The molecule has 0 N–H and O–H groups in total. The number of nitro groups is 1. The summed E-state index contributed by atoms with van der Waals surface area (Å²) in [5, 5.41) is 21.3. The van der Waals surface area contributed by atoms with Crippen LogP contribution in [0.25, 0.3) is 0 Å². The highest BCUT2D eigenvalue weighted by atomic mass is 16.6. The van der Waals surface area contributed by atoms with Crippen molar-refractivity contribution in [1.29, 1.82) is 0 Å². The molecule has 1 heterocycles. The van der Waals surface area contributed by atoms with Crippen LogP contribution in [0.4, 0.5) is 5.69 Å². The molecule has 6 heteroatoms. The van der Waals surface area contributed by atoms with Gasteiger partial charge in [-0.2, -0.15) is 4.73 Å². The van der Waals surface area contributed by atoms with Gasteiger partial charge in [0.25, 0.3) is 5.69 Å². The van der Waals surface area contributed by atoms with Gasteiger partial charge in [-0.1, -0.05) is 0 Å². The summed E-state index contributed by atoms with van der Waals surface area (Å²) in [6.07, 6.45) is 2.44. The molecule has 0 radical (unpaired) electrons. The molecule has 6 nitrogen and oxygen atoms in total. The number of ketones is 1. The smallest absolute Gasteiger partial charge is 0.269 e. The quantitative estimate of drug-likeness (QED) is 0.269. The minimum atomic E-state index is -0.531. The lowest BCUT2D eigenvalue weighted by Gasteiger charge is -2.01. The monoisotopic (exact) mass is 244 g/mol. The summed E-state index contributed by atoms with van der Waals surface area (Å²) in [5.74, 6) is -0.287. The van der Waals surface area contributed by atoms with Crippen molar-refractivity contribution in [1.82, 2.24) is 0 Å². The molecule has 0 fully saturated rings. The van der Waals surface area contributed by atoms with Gasteiger partial charge in [0.1, 0.15) is 0 Å². The Morgan fingerprint density at radius 3 is 2.00 bits per heavy atom. The zero-order chi connectivity index (χ0) is 13.1. The fourth-order valence-electron chi connectivity index (χ4n) is 1.47. The molecular weight excluding hydrogens is 236 g/mol. The van der Waals surface area contributed by atoms with Crippen LogP contribution >= 0.6 is 0 Å². The average Bonchev–Trinajstić information content (AvgIpc) is 2.39. The van der Waals surface area contributed by atoms with Crippen LogP contribution in [-0.4, -0.2) is 10.7 Å². The molecule has 0 bridgehead atoms. The number of nitro benzene ring substituents is 1. The van der Waals surface area contributed by atoms with Crippen molar-refractivity contribution < 1.29 is 14.4 Å². The first kappa shape index (κ1) is 11.7. The molecule has 0 aliphatic rings. The highest BCUT2D eigenvalue weighted by Crippen LogP contribution is 2.14. The fourth-order valence-corrected chi connectivity index (χ4v) is 1.47. The first-order chi connectivity index (χ1) is 8.58. The Hall–Kier alpha value is -2.76. The Bertz CT molecular complexity index is 590. The van der Waals surface area contributed by atoms with Crippen LogP contribution in [-0.2, 0) is 0 Å². The lowest BCUT2D eigenvalue weighted by molar-refractivity contribution is -0.605. The summed E-state index contributed by atoms with van der Waals surface area (Å²) in [7, 11) is 0. The Labute approximate surface area is 102 Å². The number of nitrogens with zero attached hydrogens (tertiary/aromatic N) is 2. The molecule has 2 rings (SSSR count). The molecule has 18 heavy (non-hydrogen) atoms. The van der Waals surface area contributed by atoms with Gasteiger partial charge in [0.15, 0.2) is 18.2 Å². The van der Waals surface area contributed by atoms with Crippen molar-refractivity contribution in [3.05, 3.63) is 75.2 Å². The minimum Gasteiger partial charge on any atom is -0.619 e. The number of rotatable bonds is 3. The van der Waals surface area contributed by atoms with E-state index in [2.05, 4.69) is 0 Å². The molecule has 0 saturated carbocycles. The normalized spacial score (nSPS) is 10.0. The van der Waals surface area contributed by atoms with Gasteiger partial charge in [0.2, 0.25) is 0 Å². The molecule has 90 valence electrons. The minimum absolute atomic E-state index is 0.0722. The Kier molecular flexibility index (Phi) is 3.01. The largest absolute Gasteiger partial charge is 0.619 e. The van der Waals surface area contributed by atoms with E-state index >= 15 is 0 Å². The second-order valence-electron chi connectivity index (χ2n) is 3.58. The average molecular weight is 244 g/mol. The molecule has 1 aromatic heterocycles. The SMILES string of the molecule is O=C(c1ccc([N+](=O)[O-])cc1)c1cc[n+]([O-])cc1. The molecule has 1 aromatic carbocycles. The second-order valence-corrected chi connectivity index (χ2v) is 3.58. The molecule has 0 spiro atoms. The fraction of sp³-hybridized carbons (Fsp3) is 0. The standard InChI is InChI=1S/C12H8N2O4/c15-12(10-5-7-13(16)8-6-10)9-1-3-11(4-2-9)14(17)18/h1-8H. The number of hydrogen-bond acceptors (Lipinski definition) is 4. The van der Waals surface area contributed by atoms with Gasteiger partial charge >= 0.3 is 0 Å². The van der Waals surface area contributed by atoms with Gasteiger partial charge in [-0.3, -0.25) is 14.9 Å². The van der Waals surface area contributed by atoms with Crippen LogP contribution in [0.3, 0.4) is 0 Å². The van der Waals surface area contributed by atoms with Crippen LogP contribution in [0.15, 0.2) is 48.8 Å². The number of pyridine rings is 1. The first-order valence-electron chi connectivity index (χ1n) is 5.06. The van der Waals surface area contributed by atoms with E-state index in [9.17, 15) is 20.1 Å². The summed E-state index contributed by atoms with van der Waals surface area (Å²) in [4.78, 5) is 21.9. The number of carbonyl (C=O) groups is 1. The predicted molar refractivity (Wildman–Crippen MR) is 61.9 cm³/mol. The van der Waals surface area contributed by atoms with Crippen molar-refractivity contribution in [2.24, 2.45) is 0 Å². The molecule has 0 saturated heterocycles. The molecule has 0 aliphatic heterocycles. The van der Waals surface area contributed by atoms with Crippen molar-refractivity contribution in [2.75, 3.05) is 0 Å². The number of non-ortho nitro benzene ring substituents is 1. The third kappa shape index (κ3) is 2.32. The van der Waals surface area contributed by atoms with Gasteiger partial charge < -0.3 is 5.21 Å². The van der Waals surface area contributed by atoms with E-state index in [1.54, 1.807) is 0 Å². The summed E-state index contributed by atoms with van der Waals surface area (Å²) in [6, 6.07) is 8.11. The maximum absolute atomic E-state index is 12.0. The molecular formula is C12H8N2O4. The van der Waals surface area contributed by atoms with Crippen molar-refractivity contribution in [3.8, 4) is 0 Å². The summed E-state index contributed by atoms with van der Waals surface area (Å²) >= 11 is 0. The third-order valence-corrected chi connectivity index (χ3v) is 2.40. The van der Waals surface area contributed by atoms with E-state index in [0.29, 0.717) is 15.9 Å². The van der Waals surface area contributed by atoms with Gasteiger partial charge in [-0.05, 0) is 12.1 Å². The van der Waals surface area contributed by atoms with Crippen molar-refractivity contribution >= 4 is 11.5 Å². The lowest BCUT2D eigenvalue weighted by atomic mass is 10.0. The maximum atomic E-state index is 12.0. The number of hydrogen-bond donors (Lipinski definition) is 0. The summed E-state index contributed by atoms with van der Waals surface area (Å²) < 4.78 is 0.576. The highest BCUT2D eigenvalue weighted by Gasteiger charge is 2.12. The third-order valence-electron chi connectivity index (χ3n) is 2.40. The molecule has 2 aromatic rings. The Morgan fingerprint density at radius 2 is 1.50 bits per heavy atom. The van der Waals surface area contributed by atoms with Gasteiger partial charge in [0, 0.05) is 35.4 Å². The molecule has 0 amide bonds. The van der Waals surface area contributed by atoms with Crippen LogP contribution in [0.2, 0.25) is 0 Å². The first-order valence-corrected chi connectivity index (χ1v) is 5.06. The van der Waals surface area contributed by atoms with Gasteiger partial charge in [-0.25, -0.2) is 0 Å².